The van der Waals surface area contributed by atoms with E-state index in [9.17, 15) is 14.9 Å². The van der Waals surface area contributed by atoms with Gasteiger partial charge in [0.25, 0.3) is 5.69 Å². The van der Waals surface area contributed by atoms with Crippen LogP contribution in [0.4, 0.5) is 5.69 Å². The first kappa shape index (κ1) is 15.6. The second kappa shape index (κ2) is 6.67. The Morgan fingerprint density at radius 3 is 2.84 bits per heavy atom. The number of Topliss-reactive ketones (excluding diaryl/α,β-unsaturated/α-hetero) is 1. The standard InChI is InChI=1S/C11H11N3O3S.BrH/c12-11-13(4-5-18-11)7-10(15)8-2-1-3-9(6-8)14(16)17;/h1-3,6,12H,4-5,7H2;1H. The van der Waals surface area contributed by atoms with Crippen LogP contribution in [-0.2, 0) is 0 Å². The Balaban J connectivity index is 0.00000180. The zero-order chi connectivity index (χ0) is 13.1. The van der Waals surface area contributed by atoms with Crippen LogP contribution >= 0.6 is 28.7 Å². The van der Waals surface area contributed by atoms with Gasteiger partial charge in [-0.3, -0.25) is 20.3 Å². The van der Waals surface area contributed by atoms with Gasteiger partial charge in [0.05, 0.1) is 11.5 Å². The molecule has 1 N–H and O–H groups in total. The minimum Gasteiger partial charge on any atom is -0.343 e. The van der Waals surface area contributed by atoms with Crippen LogP contribution in [-0.4, -0.2) is 39.6 Å². The number of halogens is 1. The van der Waals surface area contributed by atoms with Crippen molar-refractivity contribution in [1.82, 2.24) is 4.90 Å². The van der Waals surface area contributed by atoms with E-state index in [0.717, 1.165) is 5.75 Å². The average molecular weight is 346 g/mol. The fraction of sp³-hybridized carbons (Fsp3) is 0.273. The molecule has 0 radical (unpaired) electrons. The number of nitro benzene ring substituents is 1. The maximum Gasteiger partial charge on any atom is 0.270 e. The molecule has 6 nitrogen and oxygen atoms in total. The molecule has 2 rings (SSSR count). The molecular formula is C11H12BrN3O3S. The van der Waals surface area contributed by atoms with E-state index in [4.69, 9.17) is 5.41 Å². The third-order valence-electron chi connectivity index (χ3n) is 2.60. The Labute approximate surface area is 124 Å². The number of amidine groups is 1. The molecule has 0 unspecified atom stereocenters. The van der Waals surface area contributed by atoms with Gasteiger partial charge in [0.15, 0.2) is 11.0 Å². The fourth-order valence-corrected chi connectivity index (χ4v) is 2.50. The quantitative estimate of drug-likeness (QED) is 0.514. The van der Waals surface area contributed by atoms with Crippen molar-refractivity contribution in [1.29, 1.82) is 5.41 Å². The highest BCUT2D eigenvalue weighted by Crippen LogP contribution is 2.18. The van der Waals surface area contributed by atoms with Crippen molar-refractivity contribution in [3.63, 3.8) is 0 Å². The van der Waals surface area contributed by atoms with Gasteiger partial charge < -0.3 is 4.90 Å². The molecule has 0 spiro atoms. The molecule has 0 aliphatic carbocycles. The molecule has 19 heavy (non-hydrogen) atoms. The van der Waals surface area contributed by atoms with Gasteiger partial charge in [-0.25, -0.2) is 0 Å². The highest BCUT2D eigenvalue weighted by Gasteiger charge is 2.21. The summed E-state index contributed by atoms with van der Waals surface area (Å²) in [6, 6.07) is 5.68. The molecule has 8 heteroatoms. The number of hydrogen-bond donors (Lipinski definition) is 1. The van der Waals surface area contributed by atoms with E-state index >= 15 is 0 Å². The molecule has 102 valence electrons. The number of nitro groups is 1. The van der Waals surface area contributed by atoms with Gasteiger partial charge >= 0.3 is 0 Å². The van der Waals surface area contributed by atoms with Gasteiger partial charge in [-0.2, -0.15) is 0 Å². The molecule has 1 saturated heterocycles. The second-order valence-corrected chi connectivity index (χ2v) is 4.89. The Morgan fingerprint density at radius 1 is 1.53 bits per heavy atom. The molecule has 1 aromatic carbocycles. The van der Waals surface area contributed by atoms with E-state index < -0.39 is 4.92 Å². The number of ketones is 1. The lowest BCUT2D eigenvalue weighted by atomic mass is 10.1. The van der Waals surface area contributed by atoms with Crippen molar-refractivity contribution < 1.29 is 9.72 Å². The minimum atomic E-state index is -0.523. The molecule has 0 aromatic heterocycles. The first-order chi connectivity index (χ1) is 8.58. The lowest BCUT2D eigenvalue weighted by Gasteiger charge is -2.15. The molecule has 0 bridgehead atoms. The third-order valence-corrected chi connectivity index (χ3v) is 3.52. The number of non-ortho nitro benzene ring substituents is 1. The maximum absolute atomic E-state index is 12.0. The average Bonchev–Trinajstić information content (AvgIpc) is 2.75. The van der Waals surface area contributed by atoms with Crippen molar-refractivity contribution in [3.05, 3.63) is 39.9 Å². The second-order valence-electron chi connectivity index (χ2n) is 3.81. The molecule has 1 aliphatic heterocycles. The largest absolute Gasteiger partial charge is 0.343 e. The molecular weight excluding hydrogens is 334 g/mol. The highest BCUT2D eigenvalue weighted by molar-refractivity contribution is 8.93. The molecule has 1 aliphatic rings. The van der Waals surface area contributed by atoms with E-state index in [2.05, 4.69) is 0 Å². The zero-order valence-electron chi connectivity index (χ0n) is 9.87. The van der Waals surface area contributed by atoms with Crippen LogP contribution in [0.25, 0.3) is 0 Å². The minimum absolute atomic E-state index is 0. The molecule has 1 heterocycles. The Hall–Kier alpha value is -1.41. The Morgan fingerprint density at radius 2 is 2.26 bits per heavy atom. The van der Waals surface area contributed by atoms with Crippen LogP contribution in [0.1, 0.15) is 10.4 Å². The molecule has 1 aromatic rings. The van der Waals surface area contributed by atoms with Crippen molar-refractivity contribution in [2.24, 2.45) is 0 Å². The van der Waals surface area contributed by atoms with Gasteiger partial charge in [0, 0.05) is 30.0 Å². The highest BCUT2D eigenvalue weighted by atomic mass is 79.9. The Bertz CT molecular complexity index is 524. The number of hydrogen-bond acceptors (Lipinski definition) is 5. The monoisotopic (exact) mass is 345 g/mol. The van der Waals surface area contributed by atoms with E-state index in [1.807, 2.05) is 0 Å². The van der Waals surface area contributed by atoms with E-state index in [1.54, 1.807) is 11.0 Å². The summed E-state index contributed by atoms with van der Waals surface area (Å²) in [5.74, 6) is 0.604. The number of benzene rings is 1. The summed E-state index contributed by atoms with van der Waals surface area (Å²) >= 11 is 1.40. The number of nitrogens with one attached hydrogen (secondary N) is 1. The first-order valence-corrected chi connectivity index (χ1v) is 6.30. The van der Waals surface area contributed by atoms with Crippen molar-refractivity contribution in [3.8, 4) is 0 Å². The summed E-state index contributed by atoms with van der Waals surface area (Å²) in [6.07, 6.45) is 0. The summed E-state index contributed by atoms with van der Waals surface area (Å²) < 4.78 is 0. The molecule has 1 fully saturated rings. The topological polar surface area (TPSA) is 87.3 Å². The lowest BCUT2D eigenvalue weighted by molar-refractivity contribution is -0.384. The molecule has 0 amide bonds. The van der Waals surface area contributed by atoms with Gasteiger partial charge in [0.2, 0.25) is 0 Å². The van der Waals surface area contributed by atoms with Gasteiger partial charge in [-0.1, -0.05) is 23.9 Å². The van der Waals surface area contributed by atoms with Crippen LogP contribution in [0.5, 0.6) is 0 Å². The third kappa shape index (κ3) is 3.77. The molecule has 0 saturated carbocycles. The van der Waals surface area contributed by atoms with Crippen LogP contribution in [0, 0.1) is 15.5 Å². The first-order valence-electron chi connectivity index (χ1n) is 5.32. The van der Waals surface area contributed by atoms with E-state index in [0.29, 0.717) is 17.3 Å². The van der Waals surface area contributed by atoms with Crippen LogP contribution in [0.2, 0.25) is 0 Å². The number of thioether (sulfide) groups is 1. The number of nitrogens with zero attached hydrogens (tertiary/aromatic N) is 2. The Kier molecular flexibility index (Phi) is 5.49. The maximum atomic E-state index is 12.0. The van der Waals surface area contributed by atoms with Gasteiger partial charge in [-0.15, -0.1) is 17.0 Å². The fourth-order valence-electron chi connectivity index (χ4n) is 1.65. The van der Waals surface area contributed by atoms with Crippen molar-refractivity contribution >= 4 is 45.4 Å². The van der Waals surface area contributed by atoms with Crippen LogP contribution in [0.3, 0.4) is 0 Å². The number of carbonyl (C=O) groups is 1. The summed E-state index contributed by atoms with van der Waals surface area (Å²) in [5.41, 5.74) is 0.223. The van der Waals surface area contributed by atoms with E-state index in [-0.39, 0.29) is 35.0 Å². The number of rotatable bonds is 4. The SMILES string of the molecule is Br.N=C1SCCN1CC(=O)c1cccc([N+](=O)[O-])c1. The predicted octanol–water partition coefficient (Wildman–Crippen LogP) is 2.34. The van der Waals surface area contributed by atoms with Crippen LogP contribution in [0.15, 0.2) is 24.3 Å². The van der Waals surface area contributed by atoms with E-state index in [1.165, 1.54) is 30.0 Å². The lowest BCUT2D eigenvalue weighted by Crippen LogP contribution is -2.30. The normalized spacial score (nSPS) is 14.1. The number of carbonyl (C=O) groups excluding carboxylic acids is 1. The zero-order valence-corrected chi connectivity index (χ0v) is 12.4. The summed E-state index contributed by atoms with van der Waals surface area (Å²) in [6.45, 7) is 0.775. The summed E-state index contributed by atoms with van der Waals surface area (Å²) in [4.78, 5) is 23.7. The van der Waals surface area contributed by atoms with Crippen molar-refractivity contribution in [2.45, 2.75) is 0 Å². The summed E-state index contributed by atoms with van der Waals surface area (Å²) in [5, 5.41) is 18.6. The predicted molar refractivity (Wildman–Crippen MR) is 79.5 cm³/mol. The van der Waals surface area contributed by atoms with Gasteiger partial charge in [-0.05, 0) is 0 Å². The smallest absolute Gasteiger partial charge is 0.270 e. The van der Waals surface area contributed by atoms with Gasteiger partial charge in [0.1, 0.15) is 0 Å². The van der Waals surface area contributed by atoms with Crippen LogP contribution < -0.4 is 0 Å². The summed E-state index contributed by atoms with van der Waals surface area (Å²) in [7, 11) is 0. The van der Waals surface area contributed by atoms with Crippen molar-refractivity contribution in [2.75, 3.05) is 18.8 Å². The molecule has 0 atom stereocenters.